The average Bonchev–Trinajstić information content (AvgIpc) is 2.62. The van der Waals surface area contributed by atoms with Crippen LogP contribution in [-0.2, 0) is 13.1 Å². The molecule has 3 heteroatoms. The van der Waals surface area contributed by atoms with E-state index >= 15 is 0 Å². The first-order valence-corrected chi connectivity index (χ1v) is 5.95. The van der Waals surface area contributed by atoms with Gasteiger partial charge in [-0.2, -0.15) is 5.10 Å². The van der Waals surface area contributed by atoms with Crippen molar-refractivity contribution in [2.75, 3.05) is 6.54 Å². The quantitative estimate of drug-likeness (QED) is 0.717. The van der Waals surface area contributed by atoms with Crippen LogP contribution in [0.4, 0.5) is 0 Å². The Kier molecular flexibility index (Phi) is 5.26. The van der Waals surface area contributed by atoms with Crippen LogP contribution >= 0.6 is 0 Å². The van der Waals surface area contributed by atoms with Gasteiger partial charge in [0.1, 0.15) is 0 Å². The lowest BCUT2D eigenvalue weighted by Crippen LogP contribution is -2.19. The summed E-state index contributed by atoms with van der Waals surface area (Å²) >= 11 is 0. The molecule has 0 fully saturated rings. The molecular formula is C13H23N3. The topological polar surface area (TPSA) is 29.9 Å². The molecule has 0 amide bonds. The minimum atomic E-state index is 0.686. The number of hydrogen-bond donors (Lipinski definition) is 1. The van der Waals surface area contributed by atoms with Crippen LogP contribution in [0, 0.1) is 5.92 Å². The normalized spacial score (nSPS) is 11.0. The summed E-state index contributed by atoms with van der Waals surface area (Å²) in [6, 6.07) is 2.08. The maximum absolute atomic E-state index is 4.49. The second-order valence-electron chi connectivity index (χ2n) is 4.80. The summed E-state index contributed by atoms with van der Waals surface area (Å²) in [6.45, 7) is 13.2. The third kappa shape index (κ3) is 5.12. The van der Waals surface area contributed by atoms with Gasteiger partial charge in [-0.1, -0.05) is 19.4 Å². The van der Waals surface area contributed by atoms with Crippen molar-refractivity contribution in [2.24, 2.45) is 5.92 Å². The lowest BCUT2D eigenvalue weighted by Gasteiger charge is -2.05. The molecule has 0 saturated carbocycles. The highest BCUT2D eigenvalue weighted by Crippen LogP contribution is 2.01. The molecule has 1 heterocycles. The monoisotopic (exact) mass is 221 g/mol. The molecule has 0 unspecified atom stereocenters. The van der Waals surface area contributed by atoms with Crippen LogP contribution in [0.5, 0.6) is 0 Å². The van der Waals surface area contributed by atoms with E-state index in [1.54, 1.807) is 0 Å². The Balaban J connectivity index is 2.30. The van der Waals surface area contributed by atoms with Gasteiger partial charge in [0.15, 0.2) is 0 Å². The maximum Gasteiger partial charge on any atom is 0.0762 e. The molecule has 1 aromatic heterocycles. The van der Waals surface area contributed by atoms with Crippen molar-refractivity contribution < 1.29 is 0 Å². The molecule has 1 N–H and O–H groups in total. The Bertz CT molecular complexity index is 326. The van der Waals surface area contributed by atoms with E-state index < -0.39 is 0 Å². The zero-order valence-corrected chi connectivity index (χ0v) is 10.7. The Morgan fingerprint density at radius 3 is 2.94 bits per heavy atom. The van der Waals surface area contributed by atoms with E-state index in [1.165, 1.54) is 5.57 Å². The van der Waals surface area contributed by atoms with Crippen LogP contribution in [-0.4, -0.2) is 16.3 Å². The van der Waals surface area contributed by atoms with Gasteiger partial charge in [-0.15, -0.1) is 6.58 Å². The summed E-state index contributed by atoms with van der Waals surface area (Å²) in [5, 5.41) is 7.88. The molecular weight excluding hydrogens is 198 g/mol. The first-order valence-electron chi connectivity index (χ1n) is 5.95. The van der Waals surface area contributed by atoms with Crippen molar-refractivity contribution in [1.29, 1.82) is 0 Å². The van der Waals surface area contributed by atoms with E-state index in [0.717, 1.165) is 31.7 Å². The van der Waals surface area contributed by atoms with Gasteiger partial charge in [-0.05, 0) is 31.9 Å². The van der Waals surface area contributed by atoms with Gasteiger partial charge in [-0.25, -0.2) is 0 Å². The Labute approximate surface area is 98.5 Å². The minimum Gasteiger partial charge on any atom is -0.311 e. The number of hydrogen-bond acceptors (Lipinski definition) is 2. The Morgan fingerprint density at radius 2 is 2.31 bits per heavy atom. The largest absolute Gasteiger partial charge is 0.311 e. The molecule has 0 spiro atoms. The minimum absolute atomic E-state index is 0.686. The van der Waals surface area contributed by atoms with Crippen molar-refractivity contribution in [1.82, 2.24) is 15.1 Å². The fourth-order valence-electron chi connectivity index (χ4n) is 1.42. The van der Waals surface area contributed by atoms with Crippen LogP contribution in [0.25, 0.3) is 0 Å². The molecule has 90 valence electrons. The molecule has 0 aromatic carbocycles. The van der Waals surface area contributed by atoms with Crippen molar-refractivity contribution in [2.45, 2.75) is 40.3 Å². The standard InChI is InChI=1S/C13H23N3/c1-11(2)5-7-16-8-6-13(15-16)10-14-9-12(3)4/h6,8,12,14H,1,5,7,9-10H2,2-4H3. The Morgan fingerprint density at radius 1 is 1.56 bits per heavy atom. The number of aromatic nitrogens is 2. The molecule has 1 rings (SSSR count). The zero-order valence-electron chi connectivity index (χ0n) is 10.7. The molecule has 0 aliphatic rings. The van der Waals surface area contributed by atoms with Crippen molar-refractivity contribution in [3.05, 3.63) is 30.1 Å². The third-order valence-electron chi connectivity index (χ3n) is 2.32. The van der Waals surface area contributed by atoms with Crippen molar-refractivity contribution in [3.8, 4) is 0 Å². The highest BCUT2D eigenvalue weighted by Gasteiger charge is 1.99. The third-order valence-corrected chi connectivity index (χ3v) is 2.32. The molecule has 0 radical (unpaired) electrons. The highest BCUT2D eigenvalue weighted by atomic mass is 15.3. The highest BCUT2D eigenvalue weighted by molar-refractivity contribution is 4.99. The van der Waals surface area contributed by atoms with Crippen LogP contribution < -0.4 is 5.32 Å². The number of rotatable bonds is 7. The molecule has 1 aromatic rings. The maximum atomic E-state index is 4.49. The molecule has 3 nitrogen and oxygen atoms in total. The van der Waals surface area contributed by atoms with Gasteiger partial charge in [0.2, 0.25) is 0 Å². The zero-order chi connectivity index (χ0) is 12.0. The van der Waals surface area contributed by atoms with Crippen molar-refractivity contribution in [3.63, 3.8) is 0 Å². The van der Waals surface area contributed by atoms with Crippen LogP contribution in [0.3, 0.4) is 0 Å². The summed E-state index contributed by atoms with van der Waals surface area (Å²) < 4.78 is 1.99. The lowest BCUT2D eigenvalue weighted by molar-refractivity contribution is 0.538. The predicted octanol–water partition coefficient (Wildman–Crippen LogP) is 2.59. The van der Waals surface area contributed by atoms with E-state index in [0.29, 0.717) is 5.92 Å². The van der Waals surface area contributed by atoms with E-state index in [-0.39, 0.29) is 0 Å². The summed E-state index contributed by atoms with van der Waals surface area (Å²) in [6.07, 6.45) is 3.04. The second-order valence-corrected chi connectivity index (χ2v) is 4.80. The molecule has 16 heavy (non-hydrogen) atoms. The number of allylic oxidation sites excluding steroid dienone is 1. The van der Waals surface area contributed by atoms with E-state index in [1.807, 2.05) is 10.9 Å². The van der Waals surface area contributed by atoms with Crippen LogP contribution in [0.1, 0.15) is 32.9 Å². The van der Waals surface area contributed by atoms with Gasteiger partial charge < -0.3 is 5.32 Å². The SMILES string of the molecule is C=C(C)CCn1ccc(CNCC(C)C)n1. The summed E-state index contributed by atoms with van der Waals surface area (Å²) in [5.41, 5.74) is 2.32. The average molecular weight is 221 g/mol. The van der Waals surface area contributed by atoms with Crippen LogP contribution in [0.15, 0.2) is 24.4 Å². The van der Waals surface area contributed by atoms with Gasteiger partial charge in [0.25, 0.3) is 0 Å². The fourth-order valence-corrected chi connectivity index (χ4v) is 1.42. The second kappa shape index (κ2) is 6.48. The number of nitrogens with one attached hydrogen (secondary N) is 1. The van der Waals surface area contributed by atoms with Crippen LogP contribution in [0.2, 0.25) is 0 Å². The molecule has 0 saturated heterocycles. The van der Waals surface area contributed by atoms with Gasteiger partial charge in [-0.3, -0.25) is 4.68 Å². The summed E-state index contributed by atoms with van der Waals surface area (Å²) in [5.74, 6) is 0.686. The van der Waals surface area contributed by atoms with Gasteiger partial charge >= 0.3 is 0 Å². The fraction of sp³-hybridized carbons (Fsp3) is 0.615. The predicted molar refractivity (Wildman–Crippen MR) is 68.2 cm³/mol. The van der Waals surface area contributed by atoms with E-state index in [2.05, 4.69) is 43.8 Å². The number of nitrogens with zero attached hydrogens (tertiary/aromatic N) is 2. The molecule has 0 aliphatic heterocycles. The first kappa shape index (κ1) is 13.0. The lowest BCUT2D eigenvalue weighted by atomic mass is 10.2. The Hall–Kier alpha value is -1.09. The first-order chi connectivity index (χ1) is 7.58. The summed E-state index contributed by atoms with van der Waals surface area (Å²) in [4.78, 5) is 0. The smallest absolute Gasteiger partial charge is 0.0762 e. The molecule has 0 bridgehead atoms. The summed E-state index contributed by atoms with van der Waals surface area (Å²) in [7, 11) is 0. The van der Waals surface area contributed by atoms with Gasteiger partial charge in [0, 0.05) is 19.3 Å². The van der Waals surface area contributed by atoms with Crippen molar-refractivity contribution >= 4 is 0 Å². The van der Waals surface area contributed by atoms with E-state index in [9.17, 15) is 0 Å². The molecule has 0 aliphatic carbocycles. The van der Waals surface area contributed by atoms with Gasteiger partial charge in [0.05, 0.1) is 5.69 Å². The molecule has 0 atom stereocenters. The number of aryl methyl sites for hydroxylation is 1. The van der Waals surface area contributed by atoms with E-state index in [4.69, 9.17) is 0 Å².